The predicted octanol–water partition coefficient (Wildman–Crippen LogP) is 6.59. The fraction of sp³-hybridized carbons (Fsp3) is 0.250. The van der Waals surface area contributed by atoms with Crippen molar-refractivity contribution in [3.63, 3.8) is 0 Å². The molecule has 4 aromatic rings. The minimum Gasteiger partial charge on any atom is -0.352 e. The number of nitrogens with one attached hydrogen (secondary N) is 1. The summed E-state index contributed by atoms with van der Waals surface area (Å²) >= 11 is 6.11. The topological polar surface area (TPSA) is 49.4 Å². The van der Waals surface area contributed by atoms with Gasteiger partial charge in [-0.05, 0) is 59.9 Å². The molecule has 190 valence electrons. The molecule has 0 aliphatic rings. The van der Waals surface area contributed by atoms with Crippen molar-refractivity contribution in [1.29, 1.82) is 0 Å². The zero-order valence-corrected chi connectivity index (χ0v) is 22.1. The average Bonchev–Trinajstić information content (AvgIpc) is 2.90. The minimum atomic E-state index is -0.638. The van der Waals surface area contributed by atoms with Crippen molar-refractivity contribution < 1.29 is 9.59 Å². The summed E-state index contributed by atoms with van der Waals surface area (Å²) < 4.78 is 0. The van der Waals surface area contributed by atoms with Gasteiger partial charge in [-0.2, -0.15) is 0 Å². The van der Waals surface area contributed by atoms with Crippen LogP contribution in [0.4, 0.5) is 0 Å². The maximum atomic E-state index is 13.9. The second kappa shape index (κ2) is 12.6. The molecule has 0 aromatic heterocycles. The molecule has 4 nitrogen and oxygen atoms in total. The number of amides is 2. The Balaban J connectivity index is 1.64. The van der Waals surface area contributed by atoms with Gasteiger partial charge in [-0.25, -0.2) is 0 Å². The van der Waals surface area contributed by atoms with E-state index in [1.54, 1.807) is 4.90 Å². The number of fused-ring (bicyclic) bond motifs is 1. The van der Waals surface area contributed by atoms with E-state index in [0.717, 1.165) is 27.5 Å². The highest BCUT2D eigenvalue weighted by Gasteiger charge is 2.30. The molecule has 5 heteroatoms. The van der Waals surface area contributed by atoms with E-state index in [0.29, 0.717) is 30.8 Å². The van der Waals surface area contributed by atoms with Gasteiger partial charge in [-0.15, -0.1) is 0 Å². The Labute approximate surface area is 224 Å². The maximum Gasteiger partial charge on any atom is 0.243 e. The smallest absolute Gasteiger partial charge is 0.243 e. The minimum absolute atomic E-state index is 0.0334. The van der Waals surface area contributed by atoms with Crippen molar-refractivity contribution in [3.8, 4) is 0 Å². The first-order valence-corrected chi connectivity index (χ1v) is 13.1. The van der Waals surface area contributed by atoms with Crippen molar-refractivity contribution in [2.75, 3.05) is 0 Å². The molecular formula is C32H33ClN2O2. The van der Waals surface area contributed by atoms with Crippen LogP contribution in [0.15, 0.2) is 97.1 Å². The highest BCUT2D eigenvalue weighted by Crippen LogP contribution is 2.22. The van der Waals surface area contributed by atoms with Crippen LogP contribution in [-0.4, -0.2) is 28.8 Å². The van der Waals surface area contributed by atoms with E-state index >= 15 is 0 Å². The second-order valence-corrected chi connectivity index (χ2v) is 10.1. The number of carbonyl (C=O) groups is 2. The number of carbonyl (C=O) groups excluding carboxylic acids is 2. The van der Waals surface area contributed by atoms with E-state index in [-0.39, 0.29) is 17.9 Å². The monoisotopic (exact) mass is 512 g/mol. The normalized spacial score (nSPS) is 11.9. The Morgan fingerprint density at radius 3 is 2.22 bits per heavy atom. The van der Waals surface area contributed by atoms with Gasteiger partial charge in [0.05, 0.1) is 0 Å². The molecule has 0 bridgehead atoms. The first-order chi connectivity index (χ1) is 17.9. The standard InChI is InChI=1S/C32H33ClN2O2/c1-23(2)34-32(37)30(21-24-9-4-3-5-10-24)35(22-25-15-18-28(33)19-16-25)31(36)20-17-27-13-8-12-26-11-6-7-14-29(26)27/h3-16,18-19,23,30H,17,20-22H2,1-2H3,(H,34,37). The second-order valence-electron chi connectivity index (χ2n) is 9.66. The molecule has 2 amide bonds. The van der Waals surface area contributed by atoms with Crippen molar-refractivity contribution in [3.05, 3.63) is 119 Å². The van der Waals surface area contributed by atoms with Crippen LogP contribution in [0.2, 0.25) is 5.02 Å². The van der Waals surface area contributed by atoms with Crippen LogP contribution in [0.5, 0.6) is 0 Å². The third kappa shape index (κ3) is 7.21. The highest BCUT2D eigenvalue weighted by atomic mass is 35.5. The van der Waals surface area contributed by atoms with Crippen molar-refractivity contribution in [2.45, 2.75) is 51.7 Å². The largest absolute Gasteiger partial charge is 0.352 e. The van der Waals surface area contributed by atoms with Gasteiger partial charge in [0.1, 0.15) is 6.04 Å². The van der Waals surface area contributed by atoms with E-state index in [9.17, 15) is 9.59 Å². The summed E-state index contributed by atoms with van der Waals surface area (Å²) in [5.41, 5.74) is 3.07. The summed E-state index contributed by atoms with van der Waals surface area (Å²) in [6, 6.07) is 31.0. The lowest BCUT2D eigenvalue weighted by Gasteiger charge is -2.32. The van der Waals surface area contributed by atoms with Crippen LogP contribution in [0.3, 0.4) is 0 Å². The van der Waals surface area contributed by atoms with Crippen LogP contribution in [0.25, 0.3) is 10.8 Å². The molecule has 1 unspecified atom stereocenters. The summed E-state index contributed by atoms with van der Waals surface area (Å²) in [5.74, 6) is -0.200. The van der Waals surface area contributed by atoms with Crippen molar-refractivity contribution in [1.82, 2.24) is 10.2 Å². The fourth-order valence-electron chi connectivity index (χ4n) is 4.62. The SMILES string of the molecule is CC(C)NC(=O)C(Cc1ccccc1)N(Cc1ccc(Cl)cc1)C(=O)CCc1cccc2ccccc12. The van der Waals surface area contributed by atoms with Gasteiger partial charge in [0.15, 0.2) is 0 Å². The molecule has 0 fully saturated rings. The van der Waals surface area contributed by atoms with Gasteiger partial charge in [-0.3, -0.25) is 9.59 Å². The van der Waals surface area contributed by atoms with Crippen LogP contribution >= 0.6 is 11.6 Å². The van der Waals surface area contributed by atoms with Gasteiger partial charge in [-0.1, -0.05) is 96.5 Å². The summed E-state index contributed by atoms with van der Waals surface area (Å²) in [4.78, 5) is 29.1. The number of benzene rings is 4. The van der Waals surface area contributed by atoms with Crippen LogP contribution in [-0.2, 0) is 29.0 Å². The Hall–Kier alpha value is -3.63. The predicted molar refractivity (Wildman–Crippen MR) is 151 cm³/mol. The van der Waals surface area contributed by atoms with Gasteiger partial charge < -0.3 is 10.2 Å². The lowest BCUT2D eigenvalue weighted by molar-refractivity contribution is -0.141. The summed E-state index contributed by atoms with van der Waals surface area (Å²) in [5, 5.41) is 5.98. The number of nitrogens with zero attached hydrogens (tertiary/aromatic N) is 1. The average molecular weight is 513 g/mol. The lowest BCUT2D eigenvalue weighted by Crippen LogP contribution is -2.51. The summed E-state index contributed by atoms with van der Waals surface area (Å²) in [7, 11) is 0. The first kappa shape index (κ1) is 26.4. The molecule has 1 atom stereocenters. The van der Waals surface area contributed by atoms with E-state index in [4.69, 9.17) is 11.6 Å². The number of halogens is 1. The molecule has 0 radical (unpaired) electrons. The quantitative estimate of drug-likeness (QED) is 0.260. The molecule has 0 heterocycles. The molecule has 0 saturated heterocycles. The van der Waals surface area contributed by atoms with Gasteiger partial charge in [0.2, 0.25) is 11.8 Å². The molecule has 1 N–H and O–H groups in total. The molecule has 37 heavy (non-hydrogen) atoms. The lowest BCUT2D eigenvalue weighted by atomic mass is 9.99. The summed E-state index contributed by atoms with van der Waals surface area (Å²) in [6.07, 6.45) is 1.34. The third-order valence-electron chi connectivity index (χ3n) is 6.46. The number of rotatable bonds is 10. The Bertz CT molecular complexity index is 1330. The van der Waals surface area contributed by atoms with E-state index in [1.165, 1.54) is 0 Å². The van der Waals surface area contributed by atoms with Crippen molar-refractivity contribution >= 4 is 34.2 Å². The van der Waals surface area contributed by atoms with Gasteiger partial charge >= 0.3 is 0 Å². The Morgan fingerprint density at radius 2 is 1.49 bits per heavy atom. The van der Waals surface area contributed by atoms with Gasteiger partial charge in [0.25, 0.3) is 0 Å². The molecule has 0 aliphatic carbocycles. The molecule has 4 rings (SSSR count). The molecule has 0 spiro atoms. The van der Waals surface area contributed by atoms with Crippen LogP contribution < -0.4 is 5.32 Å². The third-order valence-corrected chi connectivity index (χ3v) is 6.71. The van der Waals surface area contributed by atoms with E-state index in [2.05, 4.69) is 29.6 Å². The van der Waals surface area contributed by atoms with Crippen LogP contribution in [0.1, 0.15) is 37.0 Å². The highest BCUT2D eigenvalue weighted by molar-refractivity contribution is 6.30. The molecular weight excluding hydrogens is 480 g/mol. The Morgan fingerprint density at radius 1 is 0.811 bits per heavy atom. The number of aryl methyl sites for hydroxylation is 1. The number of hydrogen-bond acceptors (Lipinski definition) is 2. The van der Waals surface area contributed by atoms with E-state index < -0.39 is 6.04 Å². The molecule has 0 aliphatic heterocycles. The summed E-state index contributed by atoms with van der Waals surface area (Å²) in [6.45, 7) is 4.20. The molecule has 4 aromatic carbocycles. The van der Waals surface area contributed by atoms with Crippen molar-refractivity contribution in [2.24, 2.45) is 0 Å². The Kier molecular flexibility index (Phi) is 8.97. The molecule has 0 saturated carbocycles. The fourth-order valence-corrected chi connectivity index (χ4v) is 4.74. The van der Waals surface area contributed by atoms with Gasteiger partial charge in [0, 0.05) is 30.5 Å². The first-order valence-electron chi connectivity index (χ1n) is 12.8. The maximum absolute atomic E-state index is 13.9. The van der Waals surface area contributed by atoms with Crippen LogP contribution in [0, 0.1) is 0 Å². The van der Waals surface area contributed by atoms with E-state index in [1.807, 2.05) is 86.6 Å². The number of hydrogen-bond donors (Lipinski definition) is 1. The zero-order chi connectivity index (χ0) is 26.2. The zero-order valence-electron chi connectivity index (χ0n) is 21.4.